The molecule has 2 heterocycles. The first-order valence-corrected chi connectivity index (χ1v) is 10.2. The van der Waals surface area contributed by atoms with Gasteiger partial charge in [0.05, 0.1) is 14.2 Å². The highest BCUT2D eigenvalue weighted by Crippen LogP contribution is 2.45. The second-order valence-corrected chi connectivity index (χ2v) is 8.22. The van der Waals surface area contributed by atoms with Gasteiger partial charge in [0.15, 0.2) is 11.5 Å². The number of methoxy groups -OCH3 is 2. The monoisotopic (exact) mass is 395 g/mol. The van der Waals surface area contributed by atoms with E-state index in [0.29, 0.717) is 32.1 Å². The predicted molar refractivity (Wildman–Crippen MR) is 112 cm³/mol. The molecule has 2 aliphatic heterocycles. The molecule has 1 saturated heterocycles. The molecule has 5 heteroatoms. The van der Waals surface area contributed by atoms with E-state index in [9.17, 15) is 4.79 Å². The molecular weight excluding hydrogens is 366 g/mol. The van der Waals surface area contributed by atoms with Crippen LogP contribution in [0.4, 0.5) is 0 Å². The van der Waals surface area contributed by atoms with Crippen molar-refractivity contribution in [3.05, 3.63) is 58.1 Å². The Kier molecular flexibility index (Phi) is 5.26. The molecule has 1 amide bonds. The van der Waals surface area contributed by atoms with Crippen LogP contribution in [0.15, 0.2) is 30.3 Å². The molecule has 5 nitrogen and oxygen atoms in total. The number of ether oxygens (including phenoxy) is 3. The fourth-order valence-electron chi connectivity index (χ4n) is 4.65. The van der Waals surface area contributed by atoms with Crippen molar-refractivity contribution in [2.24, 2.45) is 0 Å². The summed E-state index contributed by atoms with van der Waals surface area (Å²) in [4.78, 5) is 15.4. The van der Waals surface area contributed by atoms with Gasteiger partial charge in [-0.1, -0.05) is 6.07 Å². The number of hydrogen-bond donors (Lipinski definition) is 0. The first kappa shape index (κ1) is 19.8. The van der Waals surface area contributed by atoms with Crippen LogP contribution in [0.1, 0.15) is 45.5 Å². The Morgan fingerprint density at radius 2 is 1.69 bits per heavy atom. The fraction of sp³-hybridized carbons (Fsp3) is 0.458. The number of aryl methyl sites for hydroxylation is 2. The lowest BCUT2D eigenvalue weighted by Crippen LogP contribution is -2.50. The molecule has 0 atom stereocenters. The minimum Gasteiger partial charge on any atom is -0.493 e. The highest BCUT2D eigenvalue weighted by molar-refractivity contribution is 5.94. The summed E-state index contributed by atoms with van der Waals surface area (Å²) in [7, 11) is 3.31. The normalized spacial score (nSPS) is 17.7. The Balaban J connectivity index is 1.76. The number of rotatable bonds is 3. The molecule has 0 saturated carbocycles. The highest BCUT2D eigenvalue weighted by Gasteiger charge is 2.43. The van der Waals surface area contributed by atoms with Gasteiger partial charge in [-0.3, -0.25) is 4.79 Å². The third-order valence-electron chi connectivity index (χ3n) is 6.53. The summed E-state index contributed by atoms with van der Waals surface area (Å²) in [5.41, 5.74) is 5.37. The van der Waals surface area contributed by atoms with E-state index in [2.05, 4.69) is 19.9 Å². The van der Waals surface area contributed by atoms with Crippen molar-refractivity contribution in [3.8, 4) is 11.5 Å². The van der Waals surface area contributed by atoms with Crippen LogP contribution >= 0.6 is 0 Å². The molecule has 1 fully saturated rings. The lowest BCUT2D eigenvalue weighted by atomic mass is 9.69. The van der Waals surface area contributed by atoms with Gasteiger partial charge in [0, 0.05) is 37.3 Å². The number of carbonyl (C=O) groups is 1. The maximum absolute atomic E-state index is 13.4. The Morgan fingerprint density at radius 1 is 1.00 bits per heavy atom. The summed E-state index contributed by atoms with van der Waals surface area (Å²) < 4.78 is 16.8. The van der Waals surface area contributed by atoms with Crippen molar-refractivity contribution in [3.63, 3.8) is 0 Å². The van der Waals surface area contributed by atoms with E-state index in [1.54, 1.807) is 14.2 Å². The molecule has 4 rings (SSSR count). The van der Waals surface area contributed by atoms with Gasteiger partial charge in [-0.2, -0.15) is 0 Å². The van der Waals surface area contributed by atoms with Crippen LogP contribution in [-0.4, -0.2) is 44.8 Å². The molecule has 0 aliphatic carbocycles. The molecular formula is C24H29NO4. The molecule has 0 radical (unpaired) electrons. The van der Waals surface area contributed by atoms with Gasteiger partial charge < -0.3 is 19.1 Å². The number of amides is 1. The summed E-state index contributed by atoms with van der Waals surface area (Å²) in [6.45, 7) is 6.81. The van der Waals surface area contributed by atoms with Crippen molar-refractivity contribution < 1.29 is 19.0 Å². The van der Waals surface area contributed by atoms with Crippen LogP contribution in [0.25, 0.3) is 0 Å². The molecule has 1 spiro atoms. The summed E-state index contributed by atoms with van der Waals surface area (Å²) in [5, 5.41) is 0. The average molecular weight is 395 g/mol. The van der Waals surface area contributed by atoms with Crippen LogP contribution in [0, 0.1) is 13.8 Å². The standard InChI is InChI=1S/C24H29NO4/c1-16-5-6-18(11-17(16)2)23(26)25-14-19-12-21(27-3)22(28-4)13-20(19)24(15-25)7-9-29-10-8-24/h5-6,11-13H,7-10,14-15H2,1-4H3. The molecule has 0 unspecified atom stereocenters. The topological polar surface area (TPSA) is 48.0 Å². The largest absolute Gasteiger partial charge is 0.493 e. The zero-order chi connectivity index (χ0) is 20.6. The maximum Gasteiger partial charge on any atom is 0.254 e. The first-order valence-electron chi connectivity index (χ1n) is 10.2. The van der Waals surface area contributed by atoms with E-state index in [1.165, 1.54) is 11.1 Å². The van der Waals surface area contributed by atoms with E-state index in [0.717, 1.165) is 35.3 Å². The third kappa shape index (κ3) is 3.48. The van der Waals surface area contributed by atoms with E-state index in [1.807, 2.05) is 29.2 Å². The molecule has 2 aliphatic rings. The lowest BCUT2D eigenvalue weighted by molar-refractivity contribution is 0.0236. The number of nitrogens with zero attached hydrogens (tertiary/aromatic N) is 1. The molecule has 2 aromatic rings. The van der Waals surface area contributed by atoms with E-state index >= 15 is 0 Å². The Hall–Kier alpha value is -2.53. The summed E-state index contributed by atoms with van der Waals surface area (Å²) in [5.74, 6) is 1.53. The Morgan fingerprint density at radius 3 is 2.34 bits per heavy atom. The van der Waals surface area contributed by atoms with Crippen LogP contribution in [0.2, 0.25) is 0 Å². The molecule has 2 aromatic carbocycles. The van der Waals surface area contributed by atoms with Crippen molar-refractivity contribution in [2.45, 2.75) is 38.6 Å². The van der Waals surface area contributed by atoms with E-state index in [-0.39, 0.29) is 11.3 Å². The number of carbonyl (C=O) groups excluding carboxylic acids is 1. The van der Waals surface area contributed by atoms with Crippen molar-refractivity contribution in [2.75, 3.05) is 34.0 Å². The van der Waals surface area contributed by atoms with Gasteiger partial charge in [0.2, 0.25) is 0 Å². The molecule has 0 bridgehead atoms. The lowest BCUT2D eigenvalue weighted by Gasteiger charge is -2.46. The summed E-state index contributed by atoms with van der Waals surface area (Å²) >= 11 is 0. The van der Waals surface area contributed by atoms with Gasteiger partial charge in [-0.25, -0.2) is 0 Å². The fourth-order valence-corrected chi connectivity index (χ4v) is 4.65. The minimum atomic E-state index is -0.110. The van der Waals surface area contributed by atoms with Crippen molar-refractivity contribution in [1.29, 1.82) is 0 Å². The molecule has 0 N–H and O–H groups in total. The zero-order valence-corrected chi connectivity index (χ0v) is 17.7. The predicted octanol–water partition coefficient (Wildman–Crippen LogP) is 4.02. The SMILES string of the molecule is COc1cc2c(cc1OC)C1(CCOCC1)CN(C(=O)c1ccc(C)c(C)c1)C2. The zero-order valence-electron chi connectivity index (χ0n) is 17.7. The van der Waals surface area contributed by atoms with Gasteiger partial charge >= 0.3 is 0 Å². The Bertz CT molecular complexity index is 931. The van der Waals surface area contributed by atoms with Crippen LogP contribution < -0.4 is 9.47 Å². The van der Waals surface area contributed by atoms with Gasteiger partial charge in [-0.05, 0) is 73.2 Å². The minimum absolute atomic E-state index is 0.0828. The van der Waals surface area contributed by atoms with Crippen LogP contribution in [0.3, 0.4) is 0 Å². The number of fused-ring (bicyclic) bond motifs is 2. The van der Waals surface area contributed by atoms with Gasteiger partial charge in [0.25, 0.3) is 5.91 Å². The molecule has 29 heavy (non-hydrogen) atoms. The van der Waals surface area contributed by atoms with E-state index < -0.39 is 0 Å². The van der Waals surface area contributed by atoms with Crippen LogP contribution in [0.5, 0.6) is 11.5 Å². The second kappa shape index (κ2) is 7.71. The summed E-state index contributed by atoms with van der Waals surface area (Å²) in [6, 6.07) is 10.1. The second-order valence-electron chi connectivity index (χ2n) is 8.22. The average Bonchev–Trinajstić information content (AvgIpc) is 2.74. The summed E-state index contributed by atoms with van der Waals surface area (Å²) in [6.07, 6.45) is 1.79. The van der Waals surface area contributed by atoms with E-state index in [4.69, 9.17) is 14.2 Å². The highest BCUT2D eigenvalue weighted by atomic mass is 16.5. The van der Waals surface area contributed by atoms with Crippen molar-refractivity contribution in [1.82, 2.24) is 4.90 Å². The number of hydrogen-bond acceptors (Lipinski definition) is 4. The first-order chi connectivity index (χ1) is 14.0. The third-order valence-corrected chi connectivity index (χ3v) is 6.53. The molecule has 154 valence electrons. The number of benzene rings is 2. The quantitative estimate of drug-likeness (QED) is 0.787. The Labute approximate surface area is 172 Å². The smallest absolute Gasteiger partial charge is 0.254 e. The van der Waals surface area contributed by atoms with Gasteiger partial charge in [0.1, 0.15) is 0 Å². The maximum atomic E-state index is 13.4. The van der Waals surface area contributed by atoms with Crippen LogP contribution in [-0.2, 0) is 16.7 Å². The van der Waals surface area contributed by atoms with Crippen molar-refractivity contribution >= 4 is 5.91 Å². The van der Waals surface area contributed by atoms with Gasteiger partial charge in [-0.15, -0.1) is 0 Å². The molecule has 0 aromatic heterocycles.